The van der Waals surface area contributed by atoms with Crippen molar-refractivity contribution in [3.8, 4) is 0 Å². The van der Waals surface area contributed by atoms with Crippen molar-refractivity contribution in [2.75, 3.05) is 19.6 Å². The van der Waals surface area contributed by atoms with E-state index in [2.05, 4.69) is 20.5 Å². The van der Waals surface area contributed by atoms with Crippen molar-refractivity contribution in [3.63, 3.8) is 0 Å². The summed E-state index contributed by atoms with van der Waals surface area (Å²) in [7, 11) is 0. The van der Waals surface area contributed by atoms with Gasteiger partial charge in [-0.25, -0.2) is 0 Å². The van der Waals surface area contributed by atoms with E-state index in [1.165, 1.54) is 6.07 Å². The number of hydrogen-bond donors (Lipinski definition) is 3. The molecule has 1 aromatic carbocycles. The Morgan fingerprint density at radius 1 is 1.19 bits per heavy atom. The summed E-state index contributed by atoms with van der Waals surface area (Å²) in [5.74, 6) is -0.522. The first-order chi connectivity index (χ1) is 17.1. The highest BCUT2D eigenvalue weighted by atomic mass is 19.4. The number of carbonyl (C=O) groups is 2. The fourth-order valence-corrected chi connectivity index (χ4v) is 6.28. The van der Waals surface area contributed by atoms with Gasteiger partial charge in [0.1, 0.15) is 0 Å². The third-order valence-electron chi connectivity index (χ3n) is 7.98. The lowest BCUT2D eigenvalue weighted by molar-refractivity contribution is -0.137. The number of aromatic nitrogens is 1. The normalized spacial score (nSPS) is 29.9. The molecule has 0 spiro atoms. The highest BCUT2D eigenvalue weighted by Gasteiger charge is 2.56. The number of nitrogens with one attached hydrogen (secondary N) is 2. The summed E-state index contributed by atoms with van der Waals surface area (Å²) in [4.78, 5) is 31.2. The van der Waals surface area contributed by atoms with Gasteiger partial charge >= 0.3 is 6.18 Å². The van der Waals surface area contributed by atoms with Gasteiger partial charge in [0.25, 0.3) is 5.91 Å². The second-order valence-electron chi connectivity index (χ2n) is 10.2. The first kappa shape index (κ1) is 24.7. The molecule has 2 aliphatic carbocycles. The predicted octanol–water partition coefficient (Wildman–Crippen LogP) is 2.71. The smallest absolute Gasteiger partial charge is 0.385 e. The highest BCUT2D eigenvalue weighted by molar-refractivity contribution is 5.96. The Kier molecular flexibility index (Phi) is 6.50. The third kappa shape index (κ3) is 4.84. The van der Waals surface area contributed by atoms with Crippen LogP contribution in [-0.2, 0) is 16.6 Å². The predicted molar refractivity (Wildman–Crippen MR) is 125 cm³/mol. The van der Waals surface area contributed by atoms with Crippen LogP contribution in [0, 0.1) is 11.8 Å². The second kappa shape index (κ2) is 9.48. The monoisotopic (exact) mass is 502 g/mol. The number of alkyl halides is 3. The van der Waals surface area contributed by atoms with Gasteiger partial charge in [-0.1, -0.05) is 12.1 Å². The molecule has 2 aromatic rings. The maximum absolute atomic E-state index is 12.9. The molecule has 3 aliphatic rings. The molecule has 3 N–H and O–H groups in total. The largest absolute Gasteiger partial charge is 0.416 e. The maximum atomic E-state index is 12.9. The van der Waals surface area contributed by atoms with Crippen LogP contribution < -0.4 is 10.6 Å². The molecular weight excluding hydrogens is 473 g/mol. The first-order valence-electron chi connectivity index (χ1n) is 12.3. The van der Waals surface area contributed by atoms with Crippen molar-refractivity contribution in [2.45, 2.75) is 49.5 Å². The summed E-state index contributed by atoms with van der Waals surface area (Å²) in [6, 6.07) is 8.22. The molecule has 10 heteroatoms. The van der Waals surface area contributed by atoms with E-state index in [9.17, 15) is 27.9 Å². The Morgan fingerprint density at radius 3 is 2.72 bits per heavy atom. The Hall–Kier alpha value is -2.98. The van der Waals surface area contributed by atoms with Crippen molar-refractivity contribution in [2.24, 2.45) is 11.8 Å². The minimum absolute atomic E-state index is 0.0562. The lowest BCUT2D eigenvalue weighted by Gasteiger charge is -2.39. The molecule has 2 heterocycles. The number of rotatable bonds is 6. The Bertz CT molecular complexity index is 1130. The van der Waals surface area contributed by atoms with E-state index in [1.807, 2.05) is 12.1 Å². The molecule has 2 saturated carbocycles. The van der Waals surface area contributed by atoms with Gasteiger partial charge in [-0.15, -0.1) is 0 Å². The quantitative estimate of drug-likeness (QED) is 0.565. The van der Waals surface area contributed by atoms with E-state index in [0.717, 1.165) is 49.6 Å². The number of benzene rings is 1. The standard InChI is InChI=1S/C26H29F3N4O3/c27-26(28,29)18-4-1-3-16(9-18)24(35)31-14-23(34)32-21-6-8-33(15-21)22-11-20-10-17(22)12-25(20,36)19-5-2-7-30-13-19/h1-5,7,9,13,17,20-22,36H,6,8,10-12,14-15H2,(H,31,35)(H,32,34). The molecule has 5 rings (SSSR count). The second-order valence-corrected chi connectivity index (χ2v) is 10.2. The molecule has 192 valence electrons. The summed E-state index contributed by atoms with van der Waals surface area (Å²) in [6.45, 7) is 1.24. The number of fused-ring (bicyclic) bond motifs is 2. The van der Waals surface area contributed by atoms with Crippen molar-refractivity contribution in [1.29, 1.82) is 0 Å². The van der Waals surface area contributed by atoms with Crippen LogP contribution >= 0.6 is 0 Å². The number of amides is 2. The first-order valence-corrected chi connectivity index (χ1v) is 12.3. The molecule has 1 aliphatic heterocycles. The van der Waals surface area contributed by atoms with Gasteiger partial charge in [-0.05, 0) is 61.8 Å². The fourth-order valence-electron chi connectivity index (χ4n) is 6.28. The Morgan fingerprint density at radius 2 is 2.03 bits per heavy atom. The fraction of sp³-hybridized carbons (Fsp3) is 0.500. The van der Waals surface area contributed by atoms with E-state index in [1.54, 1.807) is 12.4 Å². The zero-order valence-corrected chi connectivity index (χ0v) is 19.7. The Labute approximate surface area is 207 Å². The summed E-state index contributed by atoms with van der Waals surface area (Å²) in [5.41, 5.74) is -0.993. The van der Waals surface area contributed by atoms with Crippen LogP contribution in [0.4, 0.5) is 13.2 Å². The van der Waals surface area contributed by atoms with Gasteiger partial charge in [0.2, 0.25) is 5.91 Å². The van der Waals surface area contributed by atoms with Gasteiger partial charge < -0.3 is 15.7 Å². The van der Waals surface area contributed by atoms with E-state index in [-0.39, 0.29) is 30.0 Å². The van der Waals surface area contributed by atoms with Crippen molar-refractivity contribution < 1.29 is 27.9 Å². The van der Waals surface area contributed by atoms with E-state index in [4.69, 9.17) is 0 Å². The molecule has 2 amide bonds. The number of hydrogen-bond acceptors (Lipinski definition) is 5. The van der Waals surface area contributed by atoms with Crippen LogP contribution in [0.5, 0.6) is 0 Å². The molecule has 3 fully saturated rings. The van der Waals surface area contributed by atoms with Crippen molar-refractivity contribution in [3.05, 3.63) is 65.5 Å². The summed E-state index contributed by atoms with van der Waals surface area (Å²) in [5, 5.41) is 16.6. The molecule has 1 aromatic heterocycles. The molecule has 0 radical (unpaired) electrons. The summed E-state index contributed by atoms with van der Waals surface area (Å²) < 4.78 is 38.6. The van der Waals surface area contributed by atoms with Crippen LogP contribution in [0.25, 0.3) is 0 Å². The zero-order chi connectivity index (χ0) is 25.5. The number of carbonyl (C=O) groups excluding carboxylic acids is 2. The Balaban J connectivity index is 1.09. The third-order valence-corrected chi connectivity index (χ3v) is 7.98. The molecule has 5 unspecified atom stereocenters. The average molecular weight is 503 g/mol. The van der Waals surface area contributed by atoms with E-state index in [0.29, 0.717) is 24.9 Å². The maximum Gasteiger partial charge on any atom is 0.416 e. The van der Waals surface area contributed by atoms with Gasteiger partial charge in [0.05, 0.1) is 17.7 Å². The molecule has 1 saturated heterocycles. The topological polar surface area (TPSA) is 94.6 Å². The number of likely N-dealkylation sites (tertiary alicyclic amines) is 1. The molecule has 2 bridgehead atoms. The number of nitrogens with zero attached hydrogens (tertiary/aromatic N) is 2. The highest BCUT2D eigenvalue weighted by Crippen LogP contribution is 2.56. The van der Waals surface area contributed by atoms with Gasteiger partial charge in [0, 0.05) is 48.7 Å². The van der Waals surface area contributed by atoms with Gasteiger partial charge in [0.15, 0.2) is 0 Å². The van der Waals surface area contributed by atoms with Crippen LogP contribution in [0.2, 0.25) is 0 Å². The number of halogens is 3. The van der Waals surface area contributed by atoms with Crippen LogP contribution in [-0.4, -0.2) is 58.5 Å². The zero-order valence-electron chi connectivity index (χ0n) is 19.7. The molecule has 5 atom stereocenters. The summed E-state index contributed by atoms with van der Waals surface area (Å²) in [6.07, 6.45) is 2.30. The van der Waals surface area contributed by atoms with E-state index < -0.39 is 23.2 Å². The minimum Gasteiger partial charge on any atom is -0.385 e. The van der Waals surface area contributed by atoms with Crippen molar-refractivity contribution >= 4 is 11.8 Å². The van der Waals surface area contributed by atoms with E-state index >= 15 is 0 Å². The van der Waals surface area contributed by atoms with Crippen LogP contribution in [0.3, 0.4) is 0 Å². The lowest BCUT2D eigenvalue weighted by atomic mass is 9.77. The number of aliphatic hydroxyl groups is 1. The van der Waals surface area contributed by atoms with Gasteiger partial charge in [-0.3, -0.25) is 19.5 Å². The SMILES string of the molecule is O=C(CNC(=O)c1cccc(C(F)(F)F)c1)NC1CCN(C2CC3CC2CC3(O)c2cccnc2)C1. The summed E-state index contributed by atoms with van der Waals surface area (Å²) >= 11 is 0. The van der Waals surface area contributed by atoms with Gasteiger partial charge in [-0.2, -0.15) is 13.2 Å². The minimum atomic E-state index is -4.54. The molecule has 36 heavy (non-hydrogen) atoms. The number of pyridine rings is 1. The van der Waals surface area contributed by atoms with Crippen LogP contribution in [0.1, 0.15) is 47.2 Å². The molecule has 7 nitrogen and oxygen atoms in total. The lowest BCUT2D eigenvalue weighted by Crippen LogP contribution is -2.46. The van der Waals surface area contributed by atoms with Crippen LogP contribution in [0.15, 0.2) is 48.8 Å². The molecular formula is C26H29F3N4O3. The van der Waals surface area contributed by atoms with Crippen molar-refractivity contribution in [1.82, 2.24) is 20.5 Å². The average Bonchev–Trinajstić information content (AvgIpc) is 3.57.